The Hall–Kier alpha value is -1.66. The lowest BCUT2D eigenvalue weighted by molar-refractivity contribution is -0.383. The number of nitrogens with two attached hydrogens (primary N) is 1. The van der Waals surface area contributed by atoms with Gasteiger partial charge in [-0.2, -0.15) is 0 Å². The number of nitro groups is 1. The van der Waals surface area contributed by atoms with Crippen LogP contribution in [-0.4, -0.2) is 16.9 Å². The first-order valence-corrected chi connectivity index (χ1v) is 6.25. The van der Waals surface area contributed by atoms with Crippen molar-refractivity contribution in [1.82, 2.24) is 0 Å². The molecule has 1 rings (SSSR count). The minimum absolute atomic E-state index is 0.0155. The van der Waals surface area contributed by atoms with E-state index in [0.29, 0.717) is 5.02 Å². The number of nitrogens with zero attached hydrogens (tertiary/aromatic N) is 1. The highest BCUT2D eigenvalue weighted by molar-refractivity contribution is 6.31. The lowest BCUT2D eigenvalue weighted by Gasteiger charge is -2.17. The molecule has 0 saturated carbocycles. The molecule has 1 aromatic carbocycles. The molecule has 6 nitrogen and oxygen atoms in total. The van der Waals surface area contributed by atoms with Crippen LogP contribution in [0.15, 0.2) is 18.2 Å². The Bertz CT molecular complexity index is 493. The van der Waals surface area contributed by atoms with Crippen molar-refractivity contribution in [3.05, 3.63) is 33.3 Å². The van der Waals surface area contributed by atoms with Gasteiger partial charge in [0.25, 0.3) is 5.69 Å². The second-order valence-electron chi connectivity index (χ2n) is 4.32. The lowest BCUT2D eigenvalue weighted by atomic mass is 9.99. The average Bonchev–Trinajstić information content (AvgIpc) is 2.36. The number of hydrogen-bond acceptors (Lipinski definition) is 4. The molecule has 0 radical (unpaired) electrons. The van der Waals surface area contributed by atoms with Gasteiger partial charge in [-0.1, -0.05) is 31.9 Å². The van der Waals surface area contributed by atoms with Crippen molar-refractivity contribution in [2.75, 3.05) is 5.32 Å². The molecule has 0 aliphatic rings. The number of anilines is 1. The van der Waals surface area contributed by atoms with Crippen LogP contribution in [0.25, 0.3) is 0 Å². The van der Waals surface area contributed by atoms with Gasteiger partial charge in [0.05, 0.1) is 11.0 Å². The van der Waals surface area contributed by atoms with Gasteiger partial charge < -0.3 is 11.1 Å². The minimum atomic E-state index is -0.719. The molecule has 0 aromatic heterocycles. The molecule has 1 amide bonds. The molecule has 19 heavy (non-hydrogen) atoms. The van der Waals surface area contributed by atoms with E-state index >= 15 is 0 Å². The van der Waals surface area contributed by atoms with E-state index in [9.17, 15) is 14.9 Å². The number of amides is 1. The first-order valence-electron chi connectivity index (χ1n) is 5.87. The Morgan fingerprint density at radius 2 is 2.21 bits per heavy atom. The fraction of sp³-hybridized carbons (Fsp3) is 0.417. The molecule has 0 bridgehead atoms. The van der Waals surface area contributed by atoms with Crippen LogP contribution in [0.2, 0.25) is 5.02 Å². The average molecular weight is 286 g/mol. The second kappa shape index (κ2) is 6.49. The van der Waals surface area contributed by atoms with Gasteiger partial charge in [0.15, 0.2) is 0 Å². The SMILES string of the molecule is CCC(C)[C@H](N)C(=O)Nc1cc(Cl)ccc1[N+](=O)[O-]. The maximum Gasteiger partial charge on any atom is 0.292 e. The van der Waals surface area contributed by atoms with Gasteiger partial charge in [-0.3, -0.25) is 14.9 Å². The number of benzene rings is 1. The normalized spacial score (nSPS) is 13.7. The van der Waals surface area contributed by atoms with E-state index in [1.165, 1.54) is 18.2 Å². The van der Waals surface area contributed by atoms with E-state index < -0.39 is 16.9 Å². The van der Waals surface area contributed by atoms with Crippen LogP contribution in [0.5, 0.6) is 0 Å². The van der Waals surface area contributed by atoms with Gasteiger partial charge in [-0.25, -0.2) is 0 Å². The number of carbonyl (C=O) groups excluding carboxylic acids is 1. The summed E-state index contributed by atoms with van der Waals surface area (Å²) in [5.41, 5.74) is 5.61. The van der Waals surface area contributed by atoms with Crippen LogP contribution in [0.4, 0.5) is 11.4 Å². The molecule has 0 aliphatic heterocycles. The third-order valence-corrected chi connectivity index (χ3v) is 3.21. The number of nitro benzene ring substituents is 1. The molecule has 0 saturated heterocycles. The van der Waals surface area contributed by atoms with Crippen LogP contribution in [0.1, 0.15) is 20.3 Å². The summed E-state index contributed by atoms with van der Waals surface area (Å²) in [5, 5.41) is 13.6. The molecular formula is C12H16ClN3O3. The van der Waals surface area contributed by atoms with Gasteiger partial charge in [-0.15, -0.1) is 0 Å². The Morgan fingerprint density at radius 1 is 1.58 bits per heavy atom. The number of halogens is 1. The molecule has 1 unspecified atom stereocenters. The number of rotatable bonds is 5. The molecule has 0 aliphatic carbocycles. The number of hydrogen-bond donors (Lipinski definition) is 2. The Morgan fingerprint density at radius 3 is 2.74 bits per heavy atom. The van der Waals surface area contributed by atoms with E-state index in [2.05, 4.69) is 5.32 Å². The predicted octanol–water partition coefficient (Wildman–Crippen LogP) is 2.56. The maximum absolute atomic E-state index is 11.9. The molecule has 104 valence electrons. The van der Waals surface area contributed by atoms with Crippen molar-refractivity contribution >= 4 is 28.9 Å². The standard InChI is InChI=1S/C12H16ClN3O3/c1-3-7(2)11(14)12(17)15-9-6-8(13)4-5-10(9)16(18)19/h4-7,11H,3,14H2,1-2H3,(H,15,17)/t7?,11-/m0/s1. The first-order chi connectivity index (χ1) is 8.86. The predicted molar refractivity (Wildman–Crippen MR) is 74.2 cm³/mol. The Kier molecular flexibility index (Phi) is 5.26. The molecule has 0 fully saturated rings. The highest BCUT2D eigenvalue weighted by atomic mass is 35.5. The molecular weight excluding hydrogens is 270 g/mol. The zero-order chi connectivity index (χ0) is 14.6. The second-order valence-corrected chi connectivity index (χ2v) is 4.76. The van der Waals surface area contributed by atoms with Crippen molar-refractivity contribution in [1.29, 1.82) is 0 Å². The smallest absolute Gasteiger partial charge is 0.292 e. The van der Waals surface area contributed by atoms with Crippen molar-refractivity contribution in [2.45, 2.75) is 26.3 Å². The maximum atomic E-state index is 11.9. The summed E-state index contributed by atoms with van der Waals surface area (Å²) in [6.07, 6.45) is 0.742. The zero-order valence-corrected chi connectivity index (χ0v) is 11.5. The largest absolute Gasteiger partial charge is 0.320 e. The topological polar surface area (TPSA) is 98.3 Å². The third kappa shape index (κ3) is 3.90. The van der Waals surface area contributed by atoms with E-state index in [1.807, 2.05) is 13.8 Å². The minimum Gasteiger partial charge on any atom is -0.320 e. The summed E-state index contributed by atoms with van der Waals surface area (Å²) >= 11 is 5.77. The van der Waals surface area contributed by atoms with Gasteiger partial charge in [-0.05, 0) is 18.1 Å². The monoisotopic (exact) mass is 285 g/mol. The zero-order valence-electron chi connectivity index (χ0n) is 10.7. The quantitative estimate of drug-likeness (QED) is 0.641. The van der Waals surface area contributed by atoms with Crippen LogP contribution in [-0.2, 0) is 4.79 Å². The van der Waals surface area contributed by atoms with E-state index in [4.69, 9.17) is 17.3 Å². The first kappa shape index (κ1) is 15.4. The molecule has 3 N–H and O–H groups in total. The van der Waals surface area contributed by atoms with Crippen molar-refractivity contribution in [3.63, 3.8) is 0 Å². The molecule has 2 atom stereocenters. The molecule has 7 heteroatoms. The fourth-order valence-electron chi connectivity index (χ4n) is 1.50. The molecule has 0 spiro atoms. The third-order valence-electron chi connectivity index (χ3n) is 2.97. The Balaban J connectivity index is 2.95. The fourth-order valence-corrected chi connectivity index (χ4v) is 1.67. The van der Waals surface area contributed by atoms with Crippen LogP contribution >= 0.6 is 11.6 Å². The number of carbonyl (C=O) groups is 1. The van der Waals surface area contributed by atoms with Crippen molar-refractivity contribution in [2.24, 2.45) is 11.7 Å². The van der Waals surface area contributed by atoms with Gasteiger partial charge in [0, 0.05) is 11.1 Å². The van der Waals surface area contributed by atoms with Gasteiger partial charge in [0.2, 0.25) is 5.91 Å². The summed E-state index contributed by atoms with van der Waals surface area (Å²) < 4.78 is 0. The van der Waals surface area contributed by atoms with E-state index in [1.54, 1.807) is 0 Å². The highest BCUT2D eigenvalue weighted by Crippen LogP contribution is 2.27. The van der Waals surface area contributed by atoms with Gasteiger partial charge in [0.1, 0.15) is 5.69 Å². The van der Waals surface area contributed by atoms with Crippen molar-refractivity contribution in [3.8, 4) is 0 Å². The van der Waals surface area contributed by atoms with Crippen LogP contribution in [0, 0.1) is 16.0 Å². The van der Waals surface area contributed by atoms with Gasteiger partial charge >= 0.3 is 0 Å². The van der Waals surface area contributed by atoms with Crippen molar-refractivity contribution < 1.29 is 9.72 Å². The Labute approximate surface area is 116 Å². The van der Waals surface area contributed by atoms with E-state index in [0.717, 1.165) is 6.42 Å². The summed E-state index contributed by atoms with van der Waals surface area (Å²) in [6, 6.07) is 3.25. The van der Waals surface area contributed by atoms with Crippen LogP contribution < -0.4 is 11.1 Å². The van der Waals surface area contributed by atoms with E-state index in [-0.39, 0.29) is 17.3 Å². The molecule has 1 aromatic rings. The lowest BCUT2D eigenvalue weighted by Crippen LogP contribution is -2.40. The summed E-state index contributed by atoms with van der Waals surface area (Å²) in [7, 11) is 0. The number of nitrogens with one attached hydrogen (secondary N) is 1. The highest BCUT2D eigenvalue weighted by Gasteiger charge is 2.22. The molecule has 0 heterocycles. The summed E-state index contributed by atoms with van der Waals surface area (Å²) in [5.74, 6) is -0.474. The summed E-state index contributed by atoms with van der Waals surface area (Å²) in [6.45, 7) is 3.76. The van der Waals surface area contributed by atoms with Crippen LogP contribution in [0.3, 0.4) is 0 Å². The summed E-state index contributed by atoms with van der Waals surface area (Å²) in [4.78, 5) is 22.2.